The number of hydrogen-bond donors (Lipinski definition) is 2. The minimum Gasteiger partial charge on any atom is -0.399 e. The standard InChI is InChI=1S/C22H23ClN6O/c1-30-11-5-10-29-20(15-7-4-8-17(24)12-15)27-19-14-26-22(28-21(19)29)25-13-16-6-2-3-9-18(16)23/h2-4,6-9,12,14H,5,10-11,13,24H2,1H3,(H,25,26,28). The van der Waals surface area contributed by atoms with Crippen LogP contribution in [0.25, 0.3) is 22.6 Å². The fraction of sp³-hybridized carbons (Fsp3) is 0.227. The molecular formula is C22H23ClN6O. The molecule has 2 aromatic carbocycles. The van der Waals surface area contributed by atoms with Crippen molar-refractivity contribution in [1.82, 2.24) is 19.5 Å². The Hall–Kier alpha value is -3.16. The number of aryl methyl sites for hydroxylation is 1. The highest BCUT2D eigenvalue weighted by molar-refractivity contribution is 6.31. The van der Waals surface area contributed by atoms with E-state index in [0.717, 1.165) is 41.1 Å². The third kappa shape index (κ3) is 4.37. The van der Waals surface area contributed by atoms with Crippen LogP contribution in [0.4, 0.5) is 11.6 Å². The number of anilines is 2. The summed E-state index contributed by atoms with van der Waals surface area (Å²) in [7, 11) is 1.70. The lowest BCUT2D eigenvalue weighted by Gasteiger charge is -2.10. The number of halogens is 1. The maximum absolute atomic E-state index is 6.25. The lowest BCUT2D eigenvalue weighted by atomic mass is 10.2. The second-order valence-corrected chi connectivity index (χ2v) is 7.31. The third-order valence-corrected chi connectivity index (χ3v) is 5.13. The van der Waals surface area contributed by atoms with Crippen LogP contribution in [0.3, 0.4) is 0 Å². The van der Waals surface area contributed by atoms with Gasteiger partial charge in [0, 0.05) is 43.1 Å². The van der Waals surface area contributed by atoms with Crippen LogP contribution >= 0.6 is 11.6 Å². The van der Waals surface area contributed by atoms with E-state index in [1.165, 1.54) is 0 Å². The summed E-state index contributed by atoms with van der Waals surface area (Å²) in [5, 5.41) is 3.96. The summed E-state index contributed by atoms with van der Waals surface area (Å²) in [4.78, 5) is 13.9. The van der Waals surface area contributed by atoms with Gasteiger partial charge in [0.2, 0.25) is 5.95 Å². The largest absolute Gasteiger partial charge is 0.399 e. The van der Waals surface area contributed by atoms with E-state index >= 15 is 0 Å². The molecule has 0 saturated heterocycles. The molecule has 0 amide bonds. The summed E-state index contributed by atoms with van der Waals surface area (Å²) in [5.41, 5.74) is 10.1. The summed E-state index contributed by atoms with van der Waals surface area (Å²) >= 11 is 6.25. The number of rotatable bonds is 8. The Labute approximate surface area is 179 Å². The maximum Gasteiger partial charge on any atom is 0.225 e. The van der Waals surface area contributed by atoms with Crippen LogP contribution in [-0.2, 0) is 17.8 Å². The summed E-state index contributed by atoms with van der Waals surface area (Å²) < 4.78 is 7.32. The quantitative estimate of drug-likeness (QED) is 0.323. The fourth-order valence-electron chi connectivity index (χ4n) is 3.30. The van der Waals surface area contributed by atoms with Crippen LogP contribution in [0.15, 0.2) is 54.7 Å². The minimum atomic E-state index is 0.523. The van der Waals surface area contributed by atoms with Gasteiger partial charge in [0.15, 0.2) is 5.65 Å². The summed E-state index contributed by atoms with van der Waals surface area (Å²) in [6, 6.07) is 15.4. The van der Waals surface area contributed by atoms with Crippen molar-refractivity contribution in [2.75, 3.05) is 24.8 Å². The van der Waals surface area contributed by atoms with Crippen LogP contribution < -0.4 is 11.1 Å². The smallest absolute Gasteiger partial charge is 0.225 e. The van der Waals surface area contributed by atoms with Crippen molar-refractivity contribution < 1.29 is 4.74 Å². The highest BCUT2D eigenvalue weighted by Gasteiger charge is 2.15. The second-order valence-electron chi connectivity index (χ2n) is 6.91. The Morgan fingerprint density at radius 3 is 2.80 bits per heavy atom. The number of ether oxygens (including phenoxy) is 1. The van der Waals surface area contributed by atoms with Gasteiger partial charge in [0.05, 0.1) is 6.20 Å². The van der Waals surface area contributed by atoms with Gasteiger partial charge in [-0.05, 0) is 30.2 Å². The number of hydrogen-bond acceptors (Lipinski definition) is 6. The Balaban J connectivity index is 1.68. The average Bonchev–Trinajstić information content (AvgIpc) is 3.11. The van der Waals surface area contributed by atoms with Crippen molar-refractivity contribution in [2.45, 2.75) is 19.5 Å². The normalized spacial score (nSPS) is 11.1. The van der Waals surface area contributed by atoms with Gasteiger partial charge >= 0.3 is 0 Å². The molecule has 30 heavy (non-hydrogen) atoms. The molecule has 0 bridgehead atoms. The van der Waals surface area contributed by atoms with E-state index in [1.54, 1.807) is 13.3 Å². The summed E-state index contributed by atoms with van der Waals surface area (Å²) in [6.07, 6.45) is 2.57. The van der Waals surface area contributed by atoms with Gasteiger partial charge in [0.1, 0.15) is 11.3 Å². The molecule has 2 heterocycles. The Morgan fingerprint density at radius 2 is 2.00 bits per heavy atom. The molecule has 0 spiro atoms. The van der Waals surface area contributed by atoms with E-state index in [4.69, 9.17) is 32.0 Å². The Bertz CT molecular complexity index is 1160. The molecule has 0 saturated carbocycles. The van der Waals surface area contributed by atoms with Gasteiger partial charge in [-0.3, -0.25) is 0 Å². The Kier molecular flexibility index (Phi) is 6.11. The van der Waals surface area contributed by atoms with Gasteiger partial charge in [0.25, 0.3) is 0 Å². The number of nitrogens with two attached hydrogens (primary N) is 1. The number of nitrogen functional groups attached to an aromatic ring is 1. The molecule has 7 nitrogen and oxygen atoms in total. The monoisotopic (exact) mass is 422 g/mol. The first-order valence-electron chi connectivity index (χ1n) is 9.71. The van der Waals surface area contributed by atoms with Gasteiger partial charge in [-0.25, -0.2) is 9.97 Å². The predicted octanol–water partition coefficient (Wildman–Crippen LogP) is 4.38. The van der Waals surface area contributed by atoms with Crippen LogP contribution in [0.1, 0.15) is 12.0 Å². The van der Waals surface area contributed by atoms with E-state index in [2.05, 4.69) is 14.9 Å². The molecule has 3 N–H and O–H groups in total. The predicted molar refractivity (Wildman–Crippen MR) is 120 cm³/mol. The van der Waals surface area contributed by atoms with E-state index in [-0.39, 0.29) is 0 Å². The molecule has 2 aromatic heterocycles. The number of aromatic nitrogens is 4. The SMILES string of the molecule is COCCCn1c(-c2cccc(N)c2)nc2cnc(NCc3ccccc3Cl)nc21. The third-order valence-electron chi connectivity index (χ3n) is 4.76. The highest BCUT2D eigenvalue weighted by Crippen LogP contribution is 2.26. The first-order valence-corrected chi connectivity index (χ1v) is 10.1. The number of nitrogens with one attached hydrogen (secondary N) is 1. The molecule has 0 aliphatic carbocycles. The van der Waals surface area contributed by atoms with E-state index in [1.807, 2.05) is 48.5 Å². The van der Waals surface area contributed by atoms with Crippen molar-refractivity contribution in [2.24, 2.45) is 0 Å². The topological polar surface area (TPSA) is 90.9 Å². The average molecular weight is 423 g/mol. The molecule has 0 unspecified atom stereocenters. The molecule has 4 rings (SSSR count). The van der Waals surface area contributed by atoms with Gasteiger partial charge < -0.3 is 20.4 Å². The highest BCUT2D eigenvalue weighted by atomic mass is 35.5. The summed E-state index contributed by atoms with van der Waals surface area (Å²) in [5.74, 6) is 1.33. The zero-order chi connectivity index (χ0) is 20.9. The van der Waals surface area contributed by atoms with Crippen molar-refractivity contribution in [3.63, 3.8) is 0 Å². The van der Waals surface area contributed by atoms with E-state index < -0.39 is 0 Å². The van der Waals surface area contributed by atoms with Gasteiger partial charge in [-0.1, -0.05) is 41.9 Å². The number of fused-ring (bicyclic) bond motifs is 1. The van der Waals surface area contributed by atoms with Crippen LogP contribution in [-0.4, -0.2) is 33.2 Å². The minimum absolute atomic E-state index is 0.523. The van der Waals surface area contributed by atoms with E-state index in [0.29, 0.717) is 29.8 Å². The molecule has 154 valence electrons. The number of imidazole rings is 1. The zero-order valence-electron chi connectivity index (χ0n) is 16.7. The lowest BCUT2D eigenvalue weighted by Crippen LogP contribution is -2.07. The molecule has 0 radical (unpaired) electrons. The van der Waals surface area contributed by atoms with E-state index in [9.17, 15) is 0 Å². The van der Waals surface area contributed by atoms with Crippen molar-refractivity contribution >= 4 is 34.4 Å². The van der Waals surface area contributed by atoms with Crippen molar-refractivity contribution in [3.05, 3.63) is 65.3 Å². The molecule has 4 aromatic rings. The van der Waals surface area contributed by atoms with Gasteiger partial charge in [-0.15, -0.1) is 0 Å². The van der Waals surface area contributed by atoms with Crippen LogP contribution in [0, 0.1) is 0 Å². The molecular weight excluding hydrogens is 400 g/mol. The molecule has 0 aliphatic heterocycles. The molecule has 0 atom stereocenters. The number of benzene rings is 2. The molecule has 8 heteroatoms. The summed E-state index contributed by atoms with van der Waals surface area (Å²) in [6.45, 7) is 1.90. The molecule has 0 fully saturated rings. The van der Waals surface area contributed by atoms with Crippen LogP contribution in [0.2, 0.25) is 5.02 Å². The first-order chi connectivity index (χ1) is 14.7. The first kappa shape index (κ1) is 20.1. The zero-order valence-corrected chi connectivity index (χ0v) is 17.4. The second kappa shape index (κ2) is 9.11. The molecule has 0 aliphatic rings. The van der Waals surface area contributed by atoms with Crippen molar-refractivity contribution in [3.8, 4) is 11.4 Å². The van der Waals surface area contributed by atoms with Gasteiger partial charge in [-0.2, -0.15) is 4.98 Å². The number of nitrogens with zero attached hydrogens (tertiary/aromatic N) is 4. The maximum atomic E-state index is 6.25. The number of methoxy groups -OCH3 is 1. The Morgan fingerprint density at radius 1 is 1.13 bits per heavy atom. The fourth-order valence-corrected chi connectivity index (χ4v) is 3.50. The van der Waals surface area contributed by atoms with Crippen molar-refractivity contribution in [1.29, 1.82) is 0 Å². The van der Waals surface area contributed by atoms with Crippen LogP contribution in [0.5, 0.6) is 0 Å². The lowest BCUT2D eigenvalue weighted by molar-refractivity contribution is 0.191.